The van der Waals surface area contributed by atoms with Crippen molar-refractivity contribution in [2.24, 2.45) is 0 Å². The quantitative estimate of drug-likeness (QED) is 0.789. The third-order valence-corrected chi connectivity index (χ3v) is 1.93. The van der Waals surface area contributed by atoms with Gasteiger partial charge in [-0.15, -0.1) is 12.4 Å². The first-order valence-electron chi connectivity index (χ1n) is 4.00. The zero-order valence-electron chi connectivity index (χ0n) is 7.73. The first kappa shape index (κ1) is 12.1. The number of H-pyrrole nitrogens is 1. The van der Waals surface area contributed by atoms with Gasteiger partial charge in [0, 0.05) is 6.20 Å². The molecule has 2 rings (SSSR count). The van der Waals surface area contributed by atoms with E-state index in [1.807, 2.05) is 0 Å². The van der Waals surface area contributed by atoms with E-state index in [-0.39, 0.29) is 23.4 Å². The highest BCUT2D eigenvalue weighted by Gasteiger charge is 2.12. The highest BCUT2D eigenvalue weighted by molar-refractivity contribution is 5.91. The summed E-state index contributed by atoms with van der Waals surface area (Å²) in [6.45, 7) is 0. The second-order valence-electron chi connectivity index (χ2n) is 2.89. The van der Waals surface area contributed by atoms with Gasteiger partial charge in [-0.05, 0) is 6.07 Å². The molecule has 5 nitrogen and oxygen atoms in total. The summed E-state index contributed by atoms with van der Waals surface area (Å²) in [4.78, 5) is 28.3. The maximum Gasteiger partial charge on any atom is 0.341 e. The minimum Gasteiger partial charge on any atom is -0.477 e. The van der Waals surface area contributed by atoms with Gasteiger partial charge in [-0.3, -0.25) is 4.79 Å². The van der Waals surface area contributed by atoms with Crippen molar-refractivity contribution in [3.63, 3.8) is 0 Å². The van der Waals surface area contributed by atoms with E-state index in [0.717, 1.165) is 18.5 Å². The number of hydrogen-bond acceptors (Lipinski definition) is 3. The Morgan fingerprint density at radius 3 is 2.81 bits per heavy atom. The molecule has 0 radical (unpaired) electrons. The van der Waals surface area contributed by atoms with E-state index in [2.05, 4.69) is 9.97 Å². The summed E-state index contributed by atoms with van der Waals surface area (Å²) in [5.74, 6) is -2.04. The highest BCUT2D eigenvalue weighted by Crippen LogP contribution is 2.06. The van der Waals surface area contributed by atoms with Gasteiger partial charge in [0.25, 0.3) is 0 Å². The predicted molar refractivity (Wildman–Crippen MR) is 56.5 cm³/mol. The molecule has 0 aliphatic carbocycles. The Kier molecular flexibility index (Phi) is 3.24. The van der Waals surface area contributed by atoms with E-state index in [9.17, 15) is 14.0 Å². The molecule has 0 bridgehead atoms. The average Bonchev–Trinajstić information content (AvgIpc) is 2.19. The molecular formula is C9H6ClFN2O3. The Bertz CT molecular complexity index is 611. The number of carboxylic acid groups (broad SMARTS) is 1. The Balaban J connectivity index is 0.00000128. The van der Waals surface area contributed by atoms with E-state index in [1.165, 1.54) is 0 Å². The number of aromatic carboxylic acids is 1. The van der Waals surface area contributed by atoms with Gasteiger partial charge in [-0.25, -0.2) is 14.2 Å². The third kappa shape index (κ3) is 1.87. The van der Waals surface area contributed by atoms with Crippen LogP contribution in [0.25, 0.3) is 11.0 Å². The lowest BCUT2D eigenvalue weighted by Crippen LogP contribution is -2.15. The molecule has 2 aromatic heterocycles. The minimum atomic E-state index is -1.36. The Hall–Kier alpha value is -1.95. The molecule has 84 valence electrons. The summed E-state index contributed by atoms with van der Waals surface area (Å²) < 4.78 is 12.8. The second kappa shape index (κ2) is 4.28. The number of pyridine rings is 2. The summed E-state index contributed by atoms with van der Waals surface area (Å²) in [6, 6.07) is 0.952. The topological polar surface area (TPSA) is 83.0 Å². The lowest BCUT2D eigenvalue weighted by Gasteiger charge is -1.98. The van der Waals surface area contributed by atoms with Gasteiger partial charge < -0.3 is 10.1 Å². The molecule has 2 heterocycles. The van der Waals surface area contributed by atoms with Crippen molar-refractivity contribution in [2.45, 2.75) is 0 Å². The number of nitrogens with zero attached hydrogens (tertiary/aromatic N) is 1. The molecule has 0 amide bonds. The standard InChI is InChI=1S/C9H5FN2O3.ClH/c10-4-1-5-7(13)6(9(14)15)3-12-8(5)11-2-4;/h1-3H,(H,14,15)(H,11,12,13);1H. The van der Waals surface area contributed by atoms with E-state index in [1.54, 1.807) is 0 Å². The number of carboxylic acids is 1. The molecule has 16 heavy (non-hydrogen) atoms. The fourth-order valence-electron chi connectivity index (χ4n) is 1.24. The van der Waals surface area contributed by atoms with Gasteiger partial charge >= 0.3 is 5.97 Å². The molecule has 0 fully saturated rings. The van der Waals surface area contributed by atoms with Crippen LogP contribution in [-0.2, 0) is 0 Å². The monoisotopic (exact) mass is 244 g/mol. The van der Waals surface area contributed by atoms with Crippen molar-refractivity contribution < 1.29 is 14.3 Å². The third-order valence-electron chi connectivity index (χ3n) is 1.93. The van der Waals surface area contributed by atoms with E-state index in [0.29, 0.717) is 0 Å². The van der Waals surface area contributed by atoms with E-state index >= 15 is 0 Å². The van der Waals surface area contributed by atoms with Crippen molar-refractivity contribution in [3.05, 3.63) is 40.1 Å². The number of nitrogens with one attached hydrogen (secondary N) is 1. The van der Waals surface area contributed by atoms with Crippen LogP contribution < -0.4 is 5.43 Å². The van der Waals surface area contributed by atoms with Crippen LogP contribution in [0.4, 0.5) is 4.39 Å². The number of rotatable bonds is 1. The lowest BCUT2D eigenvalue weighted by molar-refractivity contribution is 0.0695. The SMILES string of the molecule is Cl.O=C(O)c1c[nH]c2ncc(F)cc2c1=O. The minimum absolute atomic E-state index is 0. The van der Waals surface area contributed by atoms with Gasteiger partial charge in [-0.2, -0.15) is 0 Å². The number of hydrogen-bond donors (Lipinski definition) is 2. The molecule has 0 aliphatic rings. The van der Waals surface area contributed by atoms with Crippen molar-refractivity contribution in [3.8, 4) is 0 Å². The average molecular weight is 245 g/mol. The largest absolute Gasteiger partial charge is 0.477 e. The van der Waals surface area contributed by atoms with Crippen LogP contribution in [-0.4, -0.2) is 21.0 Å². The molecular weight excluding hydrogens is 239 g/mol. The van der Waals surface area contributed by atoms with Crippen molar-refractivity contribution >= 4 is 29.4 Å². The molecule has 0 aromatic carbocycles. The van der Waals surface area contributed by atoms with Crippen LogP contribution in [0.2, 0.25) is 0 Å². The molecule has 7 heteroatoms. The zero-order chi connectivity index (χ0) is 11.0. The smallest absolute Gasteiger partial charge is 0.341 e. The van der Waals surface area contributed by atoms with Gasteiger partial charge in [-0.1, -0.05) is 0 Å². The Morgan fingerprint density at radius 1 is 1.50 bits per heavy atom. The van der Waals surface area contributed by atoms with Crippen LogP contribution in [0.5, 0.6) is 0 Å². The molecule has 0 atom stereocenters. The normalized spacial score (nSPS) is 9.81. The fourth-order valence-corrected chi connectivity index (χ4v) is 1.24. The molecule has 2 N–H and O–H groups in total. The number of halogens is 2. The first-order chi connectivity index (χ1) is 7.09. The maximum atomic E-state index is 12.8. The van der Waals surface area contributed by atoms with Crippen LogP contribution in [0.1, 0.15) is 10.4 Å². The Morgan fingerprint density at radius 2 is 2.19 bits per heavy atom. The van der Waals surface area contributed by atoms with Crippen LogP contribution in [0.15, 0.2) is 23.3 Å². The summed E-state index contributed by atoms with van der Waals surface area (Å²) in [6.07, 6.45) is 1.98. The maximum absolute atomic E-state index is 12.8. The summed E-state index contributed by atoms with van der Waals surface area (Å²) >= 11 is 0. The lowest BCUT2D eigenvalue weighted by atomic mass is 10.2. The van der Waals surface area contributed by atoms with Crippen LogP contribution >= 0.6 is 12.4 Å². The Labute approximate surface area is 94.4 Å². The zero-order valence-corrected chi connectivity index (χ0v) is 8.55. The van der Waals surface area contributed by atoms with Gasteiger partial charge in [0.1, 0.15) is 17.0 Å². The van der Waals surface area contributed by atoms with Crippen LogP contribution in [0, 0.1) is 5.82 Å². The molecule has 0 spiro atoms. The second-order valence-corrected chi connectivity index (χ2v) is 2.89. The molecule has 0 aliphatic heterocycles. The summed E-state index contributed by atoms with van der Waals surface area (Å²) in [5.41, 5.74) is -1.02. The number of carbonyl (C=O) groups is 1. The van der Waals surface area contributed by atoms with E-state index < -0.39 is 22.8 Å². The molecule has 0 unspecified atom stereocenters. The number of aromatic nitrogens is 2. The molecule has 0 saturated heterocycles. The van der Waals surface area contributed by atoms with Gasteiger partial charge in [0.2, 0.25) is 5.43 Å². The van der Waals surface area contributed by atoms with Gasteiger partial charge in [0.15, 0.2) is 0 Å². The first-order valence-corrected chi connectivity index (χ1v) is 4.00. The number of fused-ring (bicyclic) bond motifs is 1. The van der Waals surface area contributed by atoms with Crippen molar-refractivity contribution in [1.29, 1.82) is 0 Å². The van der Waals surface area contributed by atoms with Crippen LogP contribution in [0.3, 0.4) is 0 Å². The van der Waals surface area contributed by atoms with Crippen molar-refractivity contribution in [2.75, 3.05) is 0 Å². The summed E-state index contributed by atoms with van der Waals surface area (Å²) in [5, 5.41) is 8.59. The van der Waals surface area contributed by atoms with Gasteiger partial charge in [0.05, 0.1) is 11.6 Å². The fraction of sp³-hybridized carbons (Fsp3) is 0. The molecule has 2 aromatic rings. The summed E-state index contributed by atoms with van der Waals surface area (Å²) in [7, 11) is 0. The highest BCUT2D eigenvalue weighted by atomic mass is 35.5. The predicted octanol–water partition coefficient (Wildman–Crippen LogP) is 1.18. The molecule has 0 saturated carbocycles. The van der Waals surface area contributed by atoms with E-state index in [4.69, 9.17) is 5.11 Å². The number of aromatic amines is 1. The van der Waals surface area contributed by atoms with Crippen molar-refractivity contribution in [1.82, 2.24) is 9.97 Å².